The maximum atomic E-state index is 10.3. The first-order chi connectivity index (χ1) is 12.2. The number of rotatable bonds is 15. The van der Waals surface area contributed by atoms with Gasteiger partial charge in [0, 0.05) is 6.08 Å². The lowest BCUT2D eigenvalue weighted by Crippen LogP contribution is -1.96. The van der Waals surface area contributed by atoms with Crippen molar-refractivity contribution in [3.8, 4) is 0 Å². The van der Waals surface area contributed by atoms with Gasteiger partial charge in [-0.15, -0.1) is 0 Å². The van der Waals surface area contributed by atoms with Crippen LogP contribution in [-0.4, -0.2) is 16.2 Å². The van der Waals surface area contributed by atoms with Gasteiger partial charge in [-0.3, -0.25) is 0 Å². The average molecular weight is 347 g/mol. The molecule has 0 radical (unpaired) electrons. The van der Waals surface area contributed by atoms with Crippen LogP contribution in [0.1, 0.15) is 88.7 Å². The van der Waals surface area contributed by atoms with Crippen LogP contribution in [0.4, 0.5) is 0 Å². The Hall–Kier alpha value is -1.61. The molecule has 0 amide bonds. The number of carboxylic acids is 1. The second-order valence-electron chi connectivity index (χ2n) is 6.78. The third-order valence-electron chi connectivity index (χ3n) is 4.54. The molecule has 140 valence electrons. The lowest BCUT2D eigenvalue weighted by Gasteiger charge is -2.10. The Morgan fingerprint density at radius 2 is 1.36 bits per heavy atom. The Bertz CT molecular complexity index is 467. The van der Waals surface area contributed by atoms with Crippen LogP contribution in [0.2, 0.25) is 0 Å². The topological polar surface area (TPSA) is 57.5 Å². The highest BCUT2D eigenvalue weighted by Gasteiger charge is 2.05. The van der Waals surface area contributed by atoms with Crippen LogP contribution < -0.4 is 0 Å². The van der Waals surface area contributed by atoms with E-state index in [2.05, 4.69) is 0 Å². The fraction of sp³-hybridized carbons (Fsp3) is 0.591. The molecular weight excluding hydrogens is 312 g/mol. The predicted molar refractivity (Wildman–Crippen MR) is 104 cm³/mol. The van der Waals surface area contributed by atoms with Gasteiger partial charge >= 0.3 is 5.97 Å². The Kier molecular flexibility index (Phi) is 12.6. The van der Waals surface area contributed by atoms with Gasteiger partial charge in [-0.05, 0) is 24.8 Å². The summed E-state index contributed by atoms with van der Waals surface area (Å²) in [5.74, 6) is -0.852. The summed E-state index contributed by atoms with van der Waals surface area (Å²) >= 11 is 0. The van der Waals surface area contributed by atoms with Crippen LogP contribution >= 0.6 is 0 Å². The van der Waals surface area contributed by atoms with Crippen molar-refractivity contribution < 1.29 is 15.0 Å². The van der Waals surface area contributed by atoms with Gasteiger partial charge in [-0.25, -0.2) is 4.79 Å². The minimum Gasteiger partial charge on any atom is -0.478 e. The highest BCUT2D eigenvalue weighted by Crippen LogP contribution is 2.20. The quantitative estimate of drug-likeness (QED) is 0.300. The standard InChI is InChI=1S/C22H34O3/c23-21(20-16-12-11-13-17-20)18-14-9-7-5-3-1-2-4-6-8-10-15-19-22(24)25/h11-13,15-17,19,21,23H,1-10,14,18H2,(H,24,25). The normalized spacial score (nSPS) is 12.5. The summed E-state index contributed by atoms with van der Waals surface area (Å²) in [5, 5.41) is 18.6. The SMILES string of the molecule is O=C(O)C=CCCCCCCCCCCCCC(O)c1ccccc1. The molecule has 0 bridgehead atoms. The Morgan fingerprint density at radius 3 is 1.92 bits per heavy atom. The Balaban J connectivity index is 1.82. The first-order valence-electron chi connectivity index (χ1n) is 9.82. The second-order valence-corrected chi connectivity index (χ2v) is 6.78. The number of aliphatic carboxylic acids is 1. The number of benzene rings is 1. The van der Waals surface area contributed by atoms with E-state index in [-0.39, 0.29) is 6.10 Å². The molecule has 0 saturated heterocycles. The third-order valence-corrected chi connectivity index (χ3v) is 4.54. The van der Waals surface area contributed by atoms with Gasteiger partial charge < -0.3 is 10.2 Å². The molecule has 1 rings (SSSR count). The molecule has 25 heavy (non-hydrogen) atoms. The van der Waals surface area contributed by atoms with E-state index >= 15 is 0 Å². The van der Waals surface area contributed by atoms with E-state index in [1.807, 2.05) is 30.3 Å². The van der Waals surface area contributed by atoms with E-state index in [0.717, 1.165) is 31.2 Å². The van der Waals surface area contributed by atoms with Crippen molar-refractivity contribution >= 4 is 5.97 Å². The number of aliphatic hydroxyl groups excluding tert-OH is 1. The van der Waals surface area contributed by atoms with Crippen LogP contribution in [-0.2, 0) is 4.79 Å². The number of aliphatic hydroxyl groups is 1. The van der Waals surface area contributed by atoms with Gasteiger partial charge in [-0.2, -0.15) is 0 Å². The van der Waals surface area contributed by atoms with Gasteiger partial charge in [0.1, 0.15) is 0 Å². The zero-order valence-corrected chi connectivity index (χ0v) is 15.4. The van der Waals surface area contributed by atoms with Gasteiger partial charge in [0.25, 0.3) is 0 Å². The number of unbranched alkanes of at least 4 members (excludes halogenated alkanes) is 10. The molecule has 1 aromatic carbocycles. The second kappa shape index (κ2) is 14.7. The first-order valence-corrected chi connectivity index (χ1v) is 9.82. The Labute approximate surface area is 152 Å². The molecule has 3 heteroatoms. The fourth-order valence-corrected chi connectivity index (χ4v) is 3.04. The molecule has 0 heterocycles. The summed E-state index contributed by atoms with van der Waals surface area (Å²) < 4.78 is 0. The number of hydrogen-bond acceptors (Lipinski definition) is 2. The minimum absolute atomic E-state index is 0.313. The van der Waals surface area contributed by atoms with E-state index in [1.165, 1.54) is 57.4 Å². The lowest BCUT2D eigenvalue weighted by atomic mass is 10.0. The predicted octanol–water partition coefficient (Wildman–Crippen LogP) is 6.04. The van der Waals surface area contributed by atoms with Crippen molar-refractivity contribution in [2.75, 3.05) is 0 Å². The van der Waals surface area contributed by atoms with Crippen LogP contribution in [0.5, 0.6) is 0 Å². The van der Waals surface area contributed by atoms with Crippen LogP contribution in [0.25, 0.3) is 0 Å². The molecule has 1 aromatic rings. The molecular formula is C22H34O3. The largest absolute Gasteiger partial charge is 0.478 e. The van der Waals surface area contributed by atoms with Crippen molar-refractivity contribution in [3.63, 3.8) is 0 Å². The molecule has 1 atom stereocenters. The molecule has 0 aliphatic carbocycles. The minimum atomic E-state index is -0.852. The molecule has 2 N–H and O–H groups in total. The number of carboxylic acid groups (broad SMARTS) is 1. The molecule has 0 aliphatic rings. The number of hydrogen-bond donors (Lipinski definition) is 2. The molecule has 0 spiro atoms. The molecule has 1 unspecified atom stereocenters. The van der Waals surface area contributed by atoms with Crippen LogP contribution in [0.3, 0.4) is 0 Å². The van der Waals surface area contributed by atoms with E-state index in [4.69, 9.17) is 5.11 Å². The average Bonchev–Trinajstić information content (AvgIpc) is 2.62. The van der Waals surface area contributed by atoms with Crippen molar-refractivity contribution in [1.82, 2.24) is 0 Å². The molecule has 3 nitrogen and oxygen atoms in total. The van der Waals surface area contributed by atoms with Crippen molar-refractivity contribution in [1.29, 1.82) is 0 Å². The van der Waals surface area contributed by atoms with E-state index in [0.29, 0.717) is 0 Å². The summed E-state index contributed by atoms with van der Waals surface area (Å²) in [6, 6.07) is 9.92. The van der Waals surface area contributed by atoms with Crippen molar-refractivity contribution in [3.05, 3.63) is 48.0 Å². The fourth-order valence-electron chi connectivity index (χ4n) is 3.04. The molecule has 0 aromatic heterocycles. The van der Waals surface area contributed by atoms with Crippen molar-refractivity contribution in [2.24, 2.45) is 0 Å². The highest BCUT2D eigenvalue weighted by molar-refractivity contribution is 5.79. The zero-order valence-electron chi connectivity index (χ0n) is 15.4. The monoisotopic (exact) mass is 346 g/mol. The first kappa shape index (κ1) is 21.4. The molecule has 0 fully saturated rings. The summed E-state index contributed by atoms with van der Waals surface area (Å²) in [6.45, 7) is 0. The lowest BCUT2D eigenvalue weighted by molar-refractivity contribution is -0.131. The summed E-state index contributed by atoms with van der Waals surface area (Å²) in [5.41, 5.74) is 1.03. The smallest absolute Gasteiger partial charge is 0.327 e. The van der Waals surface area contributed by atoms with E-state index in [9.17, 15) is 9.90 Å². The van der Waals surface area contributed by atoms with Gasteiger partial charge in [-0.1, -0.05) is 94.2 Å². The van der Waals surface area contributed by atoms with Crippen LogP contribution in [0.15, 0.2) is 42.5 Å². The number of carbonyl (C=O) groups is 1. The number of allylic oxidation sites excluding steroid dienone is 1. The Morgan fingerprint density at radius 1 is 0.840 bits per heavy atom. The zero-order chi connectivity index (χ0) is 18.2. The third kappa shape index (κ3) is 12.4. The van der Waals surface area contributed by atoms with E-state index < -0.39 is 5.97 Å². The summed E-state index contributed by atoms with van der Waals surface area (Å²) in [4.78, 5) is 10.3. The molecule has 0 aliphatic heterocycles. The van der Waals surface area contributed by atoms with Gasteiger partial charge in [0.2, 0.25) is 0 Å². The van der Waals surface area contributed by atoms with E-state index in [1.54, 1.807) is 6.08 Å². The maximum absolute atomic E-state index is 10.3. The molecule has 0 saturated carbocycles. The van der Waals surface area contributed by atoms with Crippen molar-refractivity contribution in [2.45, 2.75) is 83.2 Å². The highest BCUT2D eigenvalue weighted by atomic mass is 16.4. The van der Waals surface area contributed by atoms with Gasteiger partial charge in [0.15, 0.2) is 0 Å². The van der Waals surface area contributed by atoms with Crippen LogP contribution in [0, 0.1) is 0 Å². The summed E-state index contributed by atoms with van der Waals surface area (Å²) in [6.07, 6.45) is 16.7. The maximum Gasteiger partial charge on any atom is 0.327 e. The van der Waals surface area contributed by atoms with Gasteiger partial charge in [0.05, 0.1) is 6.10 Å². The summed E-state index contributed by atoms with van der Waals surface area (Å²) in [7, 11) is 0.